The number of hydrogen-bond acceptors (Lipinski definition) is 5. The number of sulfonamides is 1. The molecule has 8 nitrogen and oxygen atoms in total. The molecule has 0 aliphatic carbocycles. The minimum absolute atomic E-state index is 0.0900. The van der Waals surface area contributed by atoms with E-state index >= 15 is 0 Å². The van der Waals surface area contributed by atoms with Crippen LogP contribution in [0.1, 0.15) is 26.7 Å². The van der Waals surface area contributed by atoms with Gasteiger partial charge in [-0.3, -0.25) is 4.79 Å². The highest BCUT2D eigenvalue weighted by atomic mass is 32.2. The van der Waals surface area contributed by atoms with E-state index in [4.69, 9.17) is 10.6 Å². The lowest BCUT2D eigenvalue weighted by atomic mass is 10.1. The van der Waals surface area contributed by atoms with Gasteiger partial charge in [-0.1, -0.05) is 25.1 Å². The molecule has 0 fully saturated rings. The molecule has 0 aliphatic heterocycles. The first-order valence-corrected chi connectivity index (χ1v) is 9.33. The van der Waals surface area contributed by atoms with Gasteiger partial charge >= 0.3 is 0 Å². The second kappa shape index (κ2) is 9.38. The summed E-state index contributed by atoms with van der Waals surface area (Å²) in [5.74, 6) is 0.378. The van der Waals surface area contributed by atoms with Crippen LogP contribution in [-0.4, -0.2) is 45.2 Å². The Morgan fingerprint density at radius 2 is 2.04 bits per heavy atom. The Morgan fingerprint density at radius 3 is 2.64 bits per heavy atom. The molecule has 0 atom stereocenters. The highest BCUT2D eigenvalue weighted by molar-refractivity contribution is 7.89. The van der Waals surface area contributed by atoms with E-state index in [0.29, 0.717) is 23.9 Å². The van der Waals surface area contributed by atoms with Gasteiger partial charge in [-0.2, -0.15) is 0 Å². The first-order valence-electron chi connectivity index (χ1n) is 7.89. The number of oxime groups is 1. The summed E-state index contributed by atoms with van der Waals surface area (Å²) < 4.78 is 25.3. The van der Waals surface area contributed by atoms with Crippen molar-refractivity contribution in [2.75, 3.05) is 26.0 Å². The molecule has 0 heterocycles. The number of nitrogens with zero attached hydrogens (tertiary/aromatic N) is 2. The van der Waals surface area contributed by atoms with E-state index in [-0.39, 0.29) is 11.5 Å². The summed E-state index contributed by atoms with van der Waals surface area (Å²) in [4.78, 5) is 16.9. The molecular weight excluding hydrogens is 344 g/mol. The van der Waals surface area contributed by atoms with Crippen molar-refractivity contribution < 1.29 is 18.0 Å². The number of rotatable bonds is 9. The number of amidine groups is 1. The van der Waals surface area contributed by atoms with Crippen molar-refractivity contribution in [3.05, 3.63) is 24.3 Å². The Kier molecular flexibility index (Phi) is 7.85. The molecule has 0 radical (unpaired) electrons. The Bertz CT molecular complexity index is 715. The minimum Gasteiger partial charge on any atom is -0.384 e. The molecule has 0 saturated heterocycles. The molecule has 1 aromatic carbocycles. The summed E-state index contributed by atoms with van der Waals surface area (Å²) in [6, 6.07) is 5.98. The van der Waals surface area contributed by atoms with Crippen LogP contribution in [0.3, 0.4) is 0 Å². The largest absolute Gasteiger partial charge is 0.384 e. The second-order valence-corrected chi connectivity index (χ2v) is 8.30. The molecule has 25 heavy (non-hydrogen) atoms. The number of benzene rings is 1. The maximum absolute atomic E-state index is 12.1. The van der Waals surface area contributed by atoms with Crippen LogP contribution < -0.4 is 11.1 Å². The average Bonchev–Trinajstić information content (AvgIpc) is 2.53. The first kappa shape index (κ1) is 20.9. The first-order chi connectivity index (χ1) is 11.6. The van der Waals surface area contributed by atoms with Crippen molar-refractivity contribution in [3.63, 3.8) is 0 Å². The minimum atomic E-state index is -3.56. The lowest BCUT2D eigenvalue weighted by Crippen LogP contribution is -2.23. The zero-order chi connectivity index (χ0) is 19.0. The Hall–Kier alpha value is -2.13. The van der Waals surface area contributed by atoms with Crippen LogP contribution in [0.25, 0.3) is 0 Å². The van der Waals surface area contributed by atoms with Crippen LogP contribution in [0.15, 0.2) is 34.3 Å². The average molecular weight is 370 g/mol. The van der Waals surface area contributed by atoms with E-state index in [9.17, 15) is 13.2 Å². The zero-order valence-electron chi connectivity index (χ0n) is 15.0. The van der Waals surface area contributed by atoms with Gasteiger partial charge in [0.2, 0.25) is 10.0 Å². The Balaban J connectivity index is 2.60. The molecule has 1 amide bonds. The molecule has 9 heteroatoms. The van der Waals surface area contributed by atoms with Gasteiger partial charge < -0.3 is 15.9 Å². The summed E-state index contributed by atoms with van der Waals surface area (Å²) in [5.41, 5.74) is 6.03. The predicted octanol–water partition coefficient (Wildman–Crippen LogP) is 1.60. The van der Waals surface area contributed by atoms with Crippen molar-refractivity contribution in [2.24, 2.45) is 16.8 Å². The van der Waals surface area contributed by atoms with Crippen molar-refractivity contribution in [1.29, 1.82) is 0 Å². The summed E-state index contributed by atoms with van der Waals surface area (Å²) in [5, 5.41) is 6.25. The molecule has 3 N–H and O–H groups in total. The van der Waals surface area contributed by atoms with E-state index in [2.05, 4.69) is 24.3 Å². The standard InChI is InChI=1S/C16H26N4O4S/c1-12(2)8-9-15(17)19-24-11-16(21)18-13-6-5-7-14(10-13)25(22,23)20(3)4/h5-7,10,12H,8-9,11H2,1-4H3,(H2,17,19)(H,18,21). The van der Waals surface area contributed by atoms with E-state index < -0.39 is 15.9 Å². The number of amides is 1. The molecule has 0 aromatic heterocycles. The topological polar surface area (TPSA) is 114 Å². The van der Waals surface area contributed by atoms with Crippen LogP contribution in [0, 0.1) is 5.92 Å². The Morgan fingerprint density at radius 1 is 1.36 bits per heavy atom. The lowest BCUT2D eigenvalue weighted by molar-refractivity contribution is -0.120. The third-order valence-electron chi connectivity index (χ3n) is 3.25. The van der Waals surface area contributed by atoms with Gasteiger partial charge in [0.05, 0.1) is 4.90 Å². The van der Waals surface area contributed by atoms with Crippen LogP contribution >= 0.6 is 0 Å². The predicted molar refractivity (Wildman–Crippen MR) is 97.6 cm³/mol. The number of nitrogens with two attached hydrogens (primary N) is 1. The van der Waals surface area contributed by atoms with Gasteiger partial charge in [-0.05, 0) is 30.5 Å². The smallest absolute Gasteiger partial charge is 0.265 e. The van der Waals surface area contributed by atoms with Crippen molar-refractivity contribution in [2.45, 2.75) is 31.6 Å². The van der Waals surface area contributed by atoms with Crippen LogP contribution in [0.2, 0.25) is 0 Å². The lowest BCUT2D eigenvalue weighted by Gasteiger charge is -2.12. The highest BCUT2D eigenvalue weighted by Gasteiger charge is 2.17. The molecule has 1 aromatic rings. The molecule has 1 rings (SSSR count). The fourth-order valence-electron chi connectivity index (χ4n) is 1.80. The summed E-state index contributed by atoms with van der Waals surface area (Å²) in [6.07, 6.45) is 1.49. The monoisotopic (exact) mass is 370 g/mol. The summed E-state index contributed by atoms with van der Waals surface area (Å²) in [7, 11) is -0.683. The molecular formula is C16H26N4O4S. The number of hydrogen-bond donors (Lipinski definition) is 2. The van der Waals surface area contributed by atoms with E-state index in [1.807, 2.05) is 0 Å². The van der Waals surface area contributed by atoms with Crippen LogP contribution in [0.5, 0.6) is 0 Å². The molecule has 0 aliphatic rings. The van der Waals surface area contributed by atoms with Crippen molar-refractivity contribution in [3.8, 4) is 0 Å². The number of nitrogens with one attached hydrogen (secondary N) is 1. The maximum atomic E-state index is 12.1. The SMILES string of the molecule is CC(C)CC/C(N)=N/OCC(=O)Nc1cccc(S(=O)(=O)N(C)C)c1. The van der Waals surface area contributed by atoms with Gasteiger partial charge in [-0.15, -0.1) is 0 Å². The summed E-state index contributed by atoms with van der Waals surface area (Å²) >= 11 is 0. The second-order valence-electron chi connectivity index (χ2n) is 6.15. The quantitative estimate of drug-likeness (QED) is 0.389. The fourth-order valence-corrected chi connectivity index (χ4v) is 2.75. The van der Waals surface area contributed by atoms with Gasteiger partial charge in [0.1, 0.15) is 5.84 Å². The van der Waals surface area contributed by atoms with Crippen molar-refractivity contribution >= 4 is 27.5 Å². The normalized spacial score (nSPS) is 12.5. The fraction of sp³-hybridized carbons (Fsp3) is 0.500. The van der Waals surface area contributed by atoms with Gasteiger partial charge in [0.15, 0.2) is 6.61 Å². The van der Waals surface area contributed by atoms with Gasteiger partial charge in [-0.25, -0.2) is 12.7 Å². The van der Waals surface area contributed by atoms with Crippen LogP contribution in [0.4, 0.5) is 5.69 Å². The molecule has 0 spiro atoms. The van der Waals surface area contributed by atoms with E-state index in [1.54, 1.807) is 12.1 Å². The number of carbonyl (C=O) groups is 1. The molecule has 0 bridgehead atoms. The number of carbonyl (C=O) groups excluding carboxylic acids is 1. The maximum Gasteiger partial charge on any atom is 0.265 e. The van der Waals surface area contributed by atoms with E-state index in [0.717, 1.165) is 10.7 Å². The molecule has 0 saturated carbocycles. The molecule has 0 unspecified atom stereocenters. The van der Waals surface area contributed by atoms with Crippen molar-refractivity contribution in [1.82, 2.24) is 4.31 Å². The third kappa shape index (κ3) is 7.10. The zero-order valence-corrected chi connectivity index (χ0v) is 15.8. The Labute approximate surface area is 149 Å². The summed E-state index contributed by atoms with van der Waals surface area (Å²) in [6.45, 7) is 3.84. The van der Waals surface area contributed by atoms with E-state index in [1.165, 1.54) is 26.2 Å². The van der Waals surface area contributed by atoms with Gasteiger partial charge in [0, 0.05) is 26.2 Å². The van der Waals surface area contributed by atoms with Gasteiger partial charge in [0.25, 0.3) is 5.91 Å². The third-order valence-corrected chi connectivity index (χ3v) is 5.06. The van der Waals surface area contributed by atoms with Crippen LogP contribution in [-0.2, 0) is 19.7 Å². The molecule has 140 valence electrons. The number of anilines is 1. The highest BCUT2D eigenvalue weighted by Crippen LogP contribution is 2.17.